The van der Waals surface area contributed by atoms with E-state index in [4.69, 9.17) is 0 Å². The van der Waals surface area contributed by atoms with E-state index in [0.717, 1.165) is 51.3 Å². The van der Waals surface area contributed by atoms with E-state index >= 15 is 0 Å². The predicted molar refractivity (Wildman–Crippen MR) is 101 cm³/mol. The molecule has 1 atom stereocenters. The van der Waals surface area contributed by atoms with Crippen molar-refractivity contribution in [2.75, 3.05) is 46.3 Å². The van der Waals surface area contributed by atoms with Gasteiger partial charge in [0.2, 0.25) is 0 Å². The fourth-order valence-corrected chi connectivity index (χ4v) is 3.89. The van der Waals surface area contributed by atoms with Crippen molar-refractivity contribution in [2.24, 2.45) is 0 Å². The number of likely N-dealkylation sites (tertiary alicyclic amines) is 1. The smallest absolute Gasteiger partial charge is 0.257 e. The van der Waals surface area contributed by atoms with Crippen LogP contribution in [0.4, 0.5) is 0 Å². The lowest BCUT2D eigenvalue weighted by molar-refractivity contribution is 0.0755. The molecule has 2 aliphatic heterocycles. The van der Waals surface area contributed by atoms with Gasteiger partial charge in [0.25, 0.3) is 5.91 Å². The molecular formula is C20H25N5O. The van der Waals surface area contributed by atoms with E-state index < -0.39 is 0 Å². The summed E-state index contributed by atoms with van der Waals surface area (Å²) in [4.78, 5) is 28.5. The summed E-state index contributed by atoms with van der Waals surface area (Å²) >= 11 is 0. The number of amides is 1. The first-order chi connectivity index (χ1) is 12.7. The van der Waals surface area contributed by atoms with Crippen molar-refractivity contribution >= 4 is 5.91 Å². The van der Waals surface area contributed by atoms with Crippen molar-refractivity contribution in [3.63, 3.8) is 0 Å². The molecule has 1 amide bonds. The van der Waals surface area contributed by atoms with Crippen molar-refractivity contribution in [3.8, 4) is 11.3 Å². The van der Waals surface area contributed by atoms with Crippen LogP contribution >= 0.6 is 0 Å². The minimum Gasteiger partial charge on any atom is -0.337 e. The SMILES string of the molecule is CN1CCN(C2CCN(C(=O)c3cncnc3-c3ccccc3)C2)CC1. The van der Waals surface area contributed by atoms with Gasteiger partial charge in [-0.05, 0) is 13.5 Å². The lowest BCUT2D eigenvalue weighted by atomic mass is 10.1. The highest BCUT2D eigenvalue weighted by molar-refractivity contribution is 5.99. The third-order valence-corrected chi connectivity index (χ3v) is 5.49. The second-order valence-corrected chi connectivity index (χ2v) is 7.18. The fraction of sp³-hybridized carbons (Fsp3) is 0.450. The zero-order valence-corrected chi connectivity index (χ0v) is 15.2. The average molecular weight is 351 g/mol. The van der Waals surface area contributed by atoms with Gasteiger partial charge in [-0.1, -0.05) is 30.3 Å². The molecular weight excluding hydrogens is 326 g/mol. The Morgan fingerprint density at radius 3 is 2.62 bits per heavy atom. The molecule has 0 saturated carbocycles. The molecule has 0 radical (unpaired) electrons. The number of carbonyl (C=O) groups is 1. The largest absolute Gasteiger partial charge is 0.337 e. The summed E-state index contributed by atoms with van der Waals surface area (Å²) in [7, 11) is 2.17. The topological polar surface area (TPSA) is 52.6 Å². The first kappa shape index (κ1) is 17.1. The number of nitrogens with zero attached hydrogens (tertiary/aromatic N) is 5. The quantitative estimate of drug-likeness (QED) is 0.841. The second-order valence-electron chi connectivity index (χ2n) is 7.18. The monoisotopic (exact) mass is 351 g/mol. The molecule has 0 bridgehead atoms. The number of benzene rings is 1. The van der Waals surface area contributed by atoms with Crippen LogP contribution in [0.1, 0.15) is 16.8 Å². The van der Waals surface area contributed by atoms with E-state index in [9.17, 15) is 4.79 Å². The molecule has 0 N–H and O–H groups in total. The van der Waals surface area contributed by atoms with E-state index in [1.54, 1.807) is 6.20 Å². The molecule has 2 saturated heterocycles. The maximum absolute atomic E-state index is 13.1. The number of rotatable bonds is 3. The Balaban J connectivity index is 1.49. The summed E-state index contributed by atoms with van der Waals surface area (Å²) in [5, 5.41) is 0. The normalized spacial score (nSPS) is 21.9. The number of carbonyl (C=O) groups excluding carboxylic acids is 1. The molecule has 2 fully saturated rings. The van der Waals surface area contributed by atoms with Crippen LogP contribution in [0, 0.1) is 0 Å². The third kappa shape index (κ3) is 3.48. The minimum atomic E-state index is 0.0427. The van der Waals surface area contributed by atoms with Crippen LogP contribution in [0.3, 0.4) is 0 Å². The van der Waals surface area contributed by atoms with Crippen LogP contribution in [-0.2, 0) is 0 Å². The van der Waals surface area contributed by atoms with Crippen LogP contribution in [0.2, 0.25) is 0 Å². The molecule has 6 heteroatoms. The molecule has 0 spiro atoms. The van der Waals surface area contributed by atoms with Crippen LogP contribution in [0.25, 0.3) is 11.3 Å². The van der Waals surface area contributed by atoms with Gasteiger partial charge in [0, 0.05) is 57.1 Å². The first-order valence-electron chi connectivity index (χ1n) is 9.29. The highest BCUT2D eigenvalue weighted by atomic mass is 16.2. The Morgan fingerprint density at radius 2 is 1.85 bits per heavy atom. The van der Waals surface area contributed by atoms with Gasteiger partial charge in [-0.3, -0.25) is 9.69 Å². The van der Waals surface area contributed by atoms with Gasteiger partial charge in [-0.2, -0.15) is 0 Å². The number of hydrogen-bond donors (Lipinski definition) is 0. The lowest BCUT2D eigenvalue weighted by Crippen LogP contribution is -2.50. The Labute approximate surface area is 154 Å². The van der Waals surface area contributed by atoms with Crippen LogP contribution < -0.4 is 0 Å². The summed E-state index contributed by atoms with van der Waals surface area (Å²) < 4.78 is 0. The van der Waals surface area contributed by atoms with Crippen LogP contribution in [0.5, 0.6) is 0 Å². The highest BCUT2D eigenvalue weighted by Gasteiger charge is 2.33. The fourth-order valence-electron chi connectivity index (χ4n) is 3.89. The molecule has 1 unspecified atom stereocenters. The van der Waals surface area contributed by atoms with Gasteiger partial charge < -0.3 is 9.80 Å². The summed E-state index contributed by atoms with van der Waals surface area (Å²) in [6, 6.07) is 10.3. The summed E-state index contributed by atoms with van der Waals surface area (Å²) in [6.07, 6.45) is 4.21. The average Bonchev–Trinajstić information content (AvgIpc) is 3.19. The number of piperazine rings is 1. The zero-order chi connectivity index (χ0) is 17.9. The molecule has 4 rings (SSSR count). The van der Waals surface area contributed by atoms with Gasteiger partial charge >= 0.3 is 0 Å². The van der Waals surface area contributed by atoms with Crippen molar-refractivity contribution in [2.45, 2.75) is 12.5 Å². The second kappa shape index (κ2) is 7.51. The predicted octanol–water partition coefficient (Wildman–Crippen LogP) is 1.61. The Kier molecular flexibility index (Phi) is 4.95. The van der Waals surface area contributed by atoms with Gasteiger partial charge in [-0.15, -0.1) is 0 Å². The van der Waals surface area contributed by atoms with Crippen molar-refractivity contribution < 1.29 is 4.79 Å². The number of likely N-dealkylation sites (N-methyl/N-ethyl adjacent to an activating group) is 1. The minimum absolute atomic E-state index is 0.0427. The lowest BCUT2D eigenvalue weighted by Gasteiger charge is -2.36. The number of hydrogen-bond acceptors (Lipinski definition) is 5. The van der Waals surface area contributed by atoms with Crippen molar-refractivity contribution in [1.29, 1.82) is 0 Å². The summed E-state index contributed by atoms with van der Waals surface area (Å²) in [5.41, 5.74) is 2.26. The maximum Gasteiger partial charge on any atom is 0.257 e. The van der Waals surface area contributed by atoms with Crippen molar-refractivity contribution in [3.05, 3.63) is 48.4 Å². The Bertz CT molecular complexity index is 758. The van der Waals surface area contributed by atoms with Gasteiger partial charge in [0.05, 0.1) is 11.3 Å². The molecule has 6 nitrogen and oxygen atoms in total. The van der Waals surface area contributed by atoms with E-state index in [0.29, 0.717) is 17.3 Å². The Morgan fingerprint density at radius 1 is 1.08 bits per heavy atom. The number of aromatic nitrogens is 2. The van der Waals surface area contributed by atoms with Crippen molar-refractivity contribution in [1.82, 2.24) is 24.7 Å². The molecule has 1 aromatic heterocycles. The van der Waals surface area contributed by atoms with E-state index in [1.165, 1.54) is 6.33 Å². The first-order valence-corrected chi connectivity index (χ1v) is 9.29. The van der Waals surface area contributed by atoms with Gasteiger partial charge in [0.1, 0.15) is 6.33 Å². The molecule has 3 heterocycles. The van der Waals surface area contributed by atoms with E-state index in [2.05, 4.69) is 26.8 Å². The highest BCUT2D eigenvalue weighted by Crippen LogP contribution is 2.24. The maximum atomic E-state index is 13.1. The molecule has 2 aliphatic rings. The summed E-state index contributed by atoms with van der Waals surface area (Å²) in [5.74, 6) is 0.0427. The van der Waals surface area contributed by atoms with Crippen LogP contribution in [0.15, 0.2) is 42.9 Å². The molecule has 1 aromatic carbocycles. The van der Waals surface area contributed by atoms with Gasteiger partial charge in [-0.25, -0.2) is 9.97 Å². The summed E-state index contributed by atoms with van der Waals surface area (Å²) in [6.45, 7) is 5.99. The Hall–Kier alpha value is -2.31. The van der Waals surface area contributed by atoms with E-state index in [-0.39, 0.29) is 5.91 Å². The molecule has 0 aliphatic carbocycles. The zero-order valence-electron chi connectivity index (χ0n) is 15.2. The molecule has 2 aromatic rings. The molecule has 136 valence electrons. The third-order valence-electron chi connectivity index (χ3n) is 5.49. The standard InChI is InChI=1S/C20H25N5O/c1-23-9-11-24(12-10-23)17-7-8-25(14-17)20(26)18-13-21-15-22-19(18)16-5-3-2-4-6-16/h2-6,13,15,17H,7-12,14H2,1H3. The molecule has 26 heavy (non-hydrogen) atoms. The van der Waals surface area contributed by atoms with Gasteiger partial charge in [0.15, 0.2) is 0 Å². The van der Waals surface area contributed by atoms with E-state index in [1.807, 2.05) is 35.2 Å². The van der Waals surface area contributed by atoms with Crippen LogP contribution in [-0.4, -0.2) is 82.9 Å².